The lowest BCUT2D eigenvalue weighted by Crippen LogP contribution is -2.10. The van der Waals surface area contributed by atoms with Crippen LogP contribution in [0.4, 0.5) is 8.78 Å². The van der Waals surface area contributed by atoms with E-state index in [2.05, 4.69) is 4.74 Å². The Morgan fingerprint density at radius 1 is 1.44 bits per heavy atom. The highest BCUT2D eigenvalue weighted by atomic mass is 19.1. The van der Waals surface area contributed by atoms with Gasteiger partial charge in [0.2, 0.25) is 5.82 Å². The van der Waals surface area contributed by atoms with E-state index in [9.17, 15) is 13.6 Å². The number of carbonyl (C=O) groups is 1. The van der Waals surface area contributed by atoms with Crippen molar-refractivity contribution in [2.45, 2.75) is 12.8 Å². The molecule has 6 heteroatoms. The third-order valence-electron chi connectivity index (χ3n) is 2.23. The van der Waals surface area contributed by atoms with Crippen LogP contribution in [-0.2, 0) is 4.79 Å². The van der Waals surface area contributed by atoms with Gasteiger partial charge < -0.3 is 14.9 Å². The van der Waals surface area contributed by atoms with Crippen molar-refractivity contribution in [2.24, 2.45) is 0 Å². The minimum atomic E-state index is -1.29. The molecule has 0 saturated carbocycles. The predicted molar refractivity (Wildman–Crippen MR) is 50.6 cm³/mol. The van der Waals surface area contributed by atoms with E-state index in [1.807, 2.05) is 0 Å². The van der Waals surface area contributed by atoms with Gasteiger partial charge in [0.1, 0.15) is 0 Å². The largest absolute Gasteiger partial charge is 0.503 e. The molecule has 88 valence electrons. The molecule has 0 radical (unpaired) electrons. The van der Waals surface area contributed by atoms with Gasteiger partial charge in [-0.3, -0.25) is 4.79 Å². The SMILES string of the molecule is COc1cc(C(C)C(=O)O)c(F)c(O)c1F. The number of rotatable bonds is 3. The van der Waals surface area contributed by atoms with Crippen molar-refractivity contribution < 1.29 is 28.5 Å². The van der Waals surface area contributed by atoms with Crippen LogP contribution in [0.15, 0.2) is 6.07 Å². The molecular formula is C10H10F2O4. The number of phenols is 1. The summed E-state index contributed by atoms with van der Waals surface area (Å²) in [6.45, 7) is 1.22. The summed E-state index contributed by atoms with van der Waals surface area (Å²) in [6, 6.07) is 0.920. The Morgan fingerprint density at radius 2 is 2.00 bits per heavy atom. The lowest BCUT2D eigenvalue weighted by Gasteiger charge is -2.12. The molecule has 1 aromatic carbocycles. The zero-order chi connectivity index (χ0) is 12.5. The van der Waals surface area contributed by atoms with E-state index in [1.165, 1.54) is 6.92 Å². The Bertz CT molecular complexity index is 431. The van der Waals surface area contributed by atoms with E-state index in [0.29, 0.717) is 0 Å². The first-order valence-corrected chi connectivity index (χ1v) is 4.37. The second-order valence-corrected chi connectivity index (χ2v) is 3.20. The molecule has 0 aliphatic heterocycles. The van der Waals surface area contributed by atoms with Crippen LogP contribution in [0.5, 0.6) is 11.5 Å². The normalized spacial score (nSPS) is 12.2. The van der Waals surface area contributed by atoms with Gasteiger partial charge in [-0.1, -0.05) is 0 Å². The van der Waals surface area contributed by atoms with Crippen LogP contribution >= 0.6 is 0 Å². The van der Waals surface area contributed by atoms with Crippen molar-refractivity contribution in [1.29, 1.82) is 0 Å². The minimum absolute atomic E-state index is 0.330. The smallest absolute Gasteiger partial charge is 0.310 e. The number of carboxylic acids is 1. The third-order valence-corrected chi connectivity index (χ3v) is 2.23. The summed E-state index contributed by atoms with van der Waals surface area (Å²) in [5.41, 5.74) is -0.330. The van der Waals surface area contributed by atoms with Gasteiger partial charge in [0.25, 0.3) is 0 Å². The molecule has 0 heterocycles. The first-order chi connectivity index (χ1) is 7.40. The summed E-state index contributed by atoms with van der Waals surface area (Å²) < 4.78 is 31.1. The van der Waals surface area contributed by atoms with Crippen molar-refractivity contribution in [3.8, 4) is 11.5 Å². The van der Waals surface area contributed by atoms with Crippen LogP contribution in [0.2, 0.25) is 0 Å². The number of phenolic OH excluding ortho intramolecular Hbond substituents is 1. The average Bonchev–Trinajstić information content (AvgIpc) is 2.25. The fourth-order valence-corrected chi connectivity index (χ4v) is 1.21. The quantitative estimate of drug-likeness (QED) is 0.834. The Morgan fingerprint density at radius 3 is 2.44 bits per heavy atom. The van der Waals surface area contributed by atoms with Crippen LogP contribution in [0.3, 0.4) is 0 Å². The fourth-order valence-electron chi connectivity index (χ4n) is 1.21. The van der Waals surface area contributed by atoms with Gasteiger partial charge in [-0.15, -0.1) is 0 Å². The maximum absolute atomic E-state index is 13.4. The molecule has 0 aromatic heterocycles. The maximum atomic E-state index is 13.4. The monoisotopic (exact) mass is 232 g/mol. The van der Waals surface area contributed by atoms with Crippen molar-refractivity contribution in [1.82, 2.24) is 0 Å². The van der Waals surface area contributed by atoms with Gasteiger partial charge in [0.15, 0.2) is 17.3 Å². The van der Waals surface area contributed by atoms with Gasteiger partial charge in [-0.2, -0.15) is 4.39 Å². The van der Waals surface area contributed by atoms with Crippen molar-refractivity contribution in [3.05, 3.63) is 23.3 Å². The number of aromatic hydroxyl groups is 1. The van der Waals surface area contributed by atoms with Crippen molar-refractivity contribution in [3.63, 3.8) is 0 Å². The molecule has 0 aliphatic rings. The number of benzene rings is 1. The molecule has 1 rings (SSSR count). The fraction of sp³-hybridized carbons (Fsp3) is 0.300. The van der Waals surface area contributed by atoms with E-state index in [-0.39, 0.29) is 5.56 Å². The Labute approximate surface area is 90.1 Å². The van der Waals surface area contributed by atoms with Gasteiger partial charge in [-0.25, -0.2) is 4.39 Å². The van der Waals surface area contributed by atoms with Gasteiger partial charge >= 0.3 is 5.97 Å². The summed E-state index contributed by atoms with van der Waals surface area (Å²) in [4.78, 5) is 10.7. The zero-order valence-corrected chi connectivity index (χ0v) is 8.62. The number of hydrogen-bond donors (Lipinski definition) is 2. The number of halogens is 2. The standard InChI is InChI=1S/C10H10F2O4/c1-4(10(14)15)5-3-6(16-2)8(12)9(13)7(5)11/h3-4,13H,1-2H3,(H,14,15). The van der Waals surface area contributed by atoms with E-state index >= 15 is 0 Å². The lowest BCUT2D eigenvalue weighted by atomic mass is 10.00. The number of aliphatic carboxylic acids is 1. The topological polar surface area (TPSA) is 66.8 Å². The molecule has 0 saturated heterocycles. The Kier molecular flexibility index (Phi) is 3.31. The summed E-state index contributed by atoms with van der Waals surface area (Å²) >= 11 is 0. The van der Waals surface area contributed by atoms with Gasteiger partial charge in [0.05, 0.1) is 13.0 Å². The molecule has 16 heavy (non-hydrogen) atoms. The molecule has 0 bridgehead atoms. The van der Waals surface area contributed by atoms with Crippen LogP contribution in [0.1, 0.15) is 18.4 Å². The first-order valence-electron chi connectivity index (χ1n) is 4.37. The maximum Gasteiger partial charge on any atom is 0.310 e. The molecule has 0 spiro atoms. The molecule has 1 aromatic rings. The number of methoxy groups -OCH3 is 1. The number of ether oxygens (including phenoxy) is 1. The zero-order valence-electron chi connectivity index (χ0n) is 8.62. The van der Waals surface area contributed by atoms with Crippen LogP contribution in [0.25, 0.3) is 0 Å². The summed E-state index contributed by atoms with van der Waals surface area (Å²) in [5, 5.41) is 17.8. The first kappa shape index (κ1) is 12.2. The van der Waals surface area contributed by atoms with Crippen molar-refractivity contribution in [2.75, 3.05) is 7.11 Å². The highest BCUT2D eigenvalue weighted by Crippen LogP contribution is 2.34. The minimum Gasteiger partial charge on any atom is -0.503 e. The van der Waals surface area contributed by atoms with Crippen LogP contribution < -0.4 is 4.74 Å². The molecular weight excluding hydrogens is 222 g/mol. The summed E-state index contributed by atoms with van der Waals surface area (Å²) in [6.07, 6.45) is 0. The van der Waals surface area contributed by atoms with E-state index in [4.69, 9.17) is 10.2 Å². The number of carboxylic acid groups (broad SMARTS) is 1. The second-order valence-electron chi connectivity index (χ2n) is 3.20. The van der Waals surface area contributed by atoms with Crippen LogP contribution in [-0.4, -0.2) is 23.3 Å². The van der Waals surface area contributed by atoms with Crippen molar-refractivity contribution >= 4 is 5.97 Å². The molecule has 0 fully saturated rings. The highest BCUT2D eigenvalue weighted by molar-refractivity contribution is 5.76. The van der Waals surface area contributed by atoms with E-state index in [1.54, 1.807) is 0 Å². The highest BCUT2D eigenvalue weighted by Gasteiger charge is 2.25. The third kappa shape index (κ3) is 1.91. The number of hydrogen-bond acceptors (Lipinski definition) is 3. The Hall–Kier alpha value is -1.85. The van der Waals surface area contributed by atoms with Crippen LogP contribution in [0, 0.1) is 11.6 Å². The second kappa shape index (κ2) is 4.34. The Balaban J connectivity index is 3.41. The van der Waals surface area contributed by atoms with E-state index < -0.39 is 35.0 Å². The molecule has 4 nitrogen and oxygen atoms in total. The predicted octanol–water partition coefficient (Wildman–Crippen LogP) is 1.87. The molecule has 2 N–H and O–H groups in total. The summed E-state index contributed by atoms with van der Waals surface area (Å²) in [7, 11) is 1.13. The molecule has 1 unspecified atom stereocenters. The van der Waals surface area contributed by atoms with Gasteiger partial charge in [-0.05, 0) is 13.0 Å². The lowest BCUT2D eigenvalue weighted by molar-refractivity contribution is -0.138. The molecule has 0 aliphatic carbocycles. The summed E-state index contributed by atoms with van der Waals surface area (Å²) in [5.74, 6) is -6.66. The van der Waals surface area contributed by atoms with E-state index in [0.717, 1.165) is 13.2 Å². The molecule has 0 amide bonds. The molecule has 1 atom stereocenters. The average molecular weight is 232 g/mol. The van der Waals surface area contributed by atoms with Gasteiger partial charge in [0, 0.05) is 5.56 Å².